The van der Waals surface area contributed by atoms with Gasteiger partial charge in [0.1, 0.15) is 11.6 Å². The highest BCUT2D eigenvalue weighted by Crippen LogP contribution is 2.28. The lowest BCUT2D eigenvalue weighted by Gasteiger charge is -2.10. The lowest BCUT2D eigenvalue weighted by Crippen LogP contribution is -2.06. The number of benzene rings is 1. The minimum atomic E-state index is -0.960. The summed E-state index contributed by atoms with van der Waals surface area (Å²) in [7, 11) is 0. The van der Waals surface area contributed by atoms with Gasteiger partial charge in [-0.05, 0) is 34.5 Å². The Kier molecular flexibility index (Phi) is 5.06. The number of rotatable bonds is 5. The first kappa shape index (κ1) is 15.6. The van der Waals surface area contributed by atoms with E-state index >= 15 is 0 Å². The molecule has 0 spiro atoms. The van der Waals surface area contributed by atoms with E-state index in [2.05, 4.69) is 26.2 Å². The minimum absolute atomic E-state index is 0.0650. The molecule has 0 saturated carbocycles. The lowest BCUT2D eigenvalue weighted by molar-refractivity contribution is 0.415. The van der Waals surface area contributed by atoms with Gasteiger partial charge in [0.15, 0.2) is 17.5 Å². The van der Waals surface area contributed by atoms with Crippen molar-refractivity contribution in [3.05, 3.63) is 46.2 Å². The predicted molar refractivity (Wildman–Crippen MR) is 77.1 cm³/mol. The van der Waals surface area contributed by atoms with Gasteiger partial charge in [-0.3, -0.25) is 0 Å². The molecule has 1 heterocycles. The maximum Gasteiger partial charge on any atom is 0.258 e. The van der Waals surface area contributed by atoms with E-state index in [0.717, 1.165) is 12.5 Å². The summed E-state index contributed by atoms with van der Waals surface area (Å²) in [5, 5.41) is 2.72. The predicted octanol–water partition coefficient (Wildman–Crippen LogP) is 4.88. The highest BCUT2D eigenvalue weighted by molar-refractivity contribution is 9.10. The number of nitrogens with one attached hydrogen (secondary N) is 1. The molecular formula is C14H12BrF3N2O. The zero-order chi connectivity index (χ0) is 15.4. The van der Waals surface area contributed by atoms with E-state index < -0.39 is 23.3 Å². The number of aromatic nitrogens is 1. The van der Waals surface area contributed by atoms with E-state index in [1.165, 1.54) is 12.1 Å². The van der Waals surface area contributed by atoms with Crippen LogP contribution in [0.5, 0.6) is 11.6 Å². The van der Waals surface area contributed by atoms with E-state index in [1.54, 1.807) is 0 Å². The summed E-state index contributed by atoms with van der Waals surface area (Å²) in [6.45, 7) is 2.39. The van der Waals surface area contributed by atoms with E-state index in [-0.39, 0.29) is 16.0 Å². The summed E-state index contributed by atoms with van der Waals surface area (Å²) in [6, 6.07) is 4.61. The van der Waals surface area contributed by atoms with E-state index in [0.29, 0.717) is 12.6 Å². The lowest BCUT2D eigenvalue weighted by atomic mass is 10.3. The molecule has 0 bridgehead atoms. The number of nitrogens with zero attached hydrogens (tertiary/aromatic N) is 1. The Labute approximate surface area is 128 Å². The van der Waals surface area contributed by atoms with Crippen molar-refractivity contribution in [1.82, 2.24) is 4.98 Å². The van der Waals surface area contributed by atoms with Crippen LogP contribution in [0.25, 0.3) is 0 Å². The molecule has 0 aliphatic carbocycles. The average molecular weight is 361 g/mol. The van der Waals surface area contributed by atoms with Crippen molar-refractivity contribution < 1.29 is 17.9 Å². The SMILES string of the molecule is CCCNc1nc(Oc2ccc(Br)c(F)c2)c(F)cc1F. The number of anilines is 1. The van der Waals surface area contributed by atoms with Crippen LogP contribution in [0.1, 0.15) is 13.3 Å². The van der Waals surface area contributed by atoms with Crippen LogP contribution in [0.15, 0.2) is 28.7 Å². The highest BCUT2D eigenvalue weighted by Gasteiger charge is 2.14. The fourth-order valence-electron chi connectivity index (χ4n) is 1.54. The second kappa shape index (κ2) is 6.80. The first-order chi connectivity index (χ1) is 10.0. The quantitative estimate of drug-likeness (QED) is 0.825. The van der Waals surface area contributed by atoms with Crippen LogP contribution in [0.3, 0.4) is 0 Å². The van der Waals surface area contributed by atoms with E-state index in [4.69, 9.17) is 4.74 Å². The summed E-state index contributed by atoms with van der Waals surface area (Å²) in [4.78, 5) is 3.74. The number of halogens is 4. The van der Waals surface area contributed by atoms with Crippen molar-refractivity contribution in [2.24, 2.45) is 0 Å². The van der Waals surface area contributed by atoms with Crippen LogP contribution >= 0.6 is 15.9 Å². The number of hydrogen-bond donors (Lipinski definition) is 1. The van der Waals surface area contributed by atoms with Gasteiger partial charge in [-0.1, -0.05) is 6.92 Å². The molecule has 0 radical (unpaired) electrons. The molecule has 0 atom stereocenters. The summed E-state index contributed by atoms with van der Waals surface area (Å²) >= 11 is 3.00. The molecule has 0 saturated heterocycles. The highest BCUT2D eigenvalue weighted by atomic mass is 79.9. The Morgan fingerprint density at radius 2 is 1.90 bits per heavy atom. The molecule has 2 aromatic rings. The normalized spacial score (nSPS) is 10.5. The van der Waals surface area contributed by atoms with Crippen molar-refractivity contribution in [2.45, 2.75) is 13.3 Å². The molecule has 1 aromatic carbocycles. The van der Waals surface area contributed by atoms with Gasteiger partial charge in [-0.15, -0.1) is 0 Å². The van der Waals surface area contributed by atoms with Gasteiger partial charge >= 0.3 is 0 Å². The fourth-order valence-corrected chi connectivity index (χ4v) is 1.79. The maximum atomic E-state index is 13.7. The second-order valence-electron chi connectivity index (χ2n) is 4.21. The summed E-state index contributed by atoms with van der Waals surface area (Å²) in [5.41, 5.74) is 0. The molecule has 21 heavy (non-hydrogen) atoms. The van der Waals surface area contributed by atoms with Crippen molar-refractivity contribution in [1.29, 1.82) is 0 Å². The molecule has 1 N–H and O–H groups in total. The number of pyridine rings is 1. The van der Waals surface area contributed by atoms with Crippen LogP contribution < -0.4 is 10.1 Å². The molecule has 112 valence electrons. The van der Waals surface area contributed by atoms with Gasteiger partial charge in [-0.25, -0.2) is 13.2 Å². The Bertz CT molecular complexity index is 652. The second-order valence-corrected chi connectivity index (χ2v) is 5.06. The first-order valence-electron chi connectivity index (χ1n) is 6.24. The Hall–Kier alpha value is -1.76. The molecule has 0 aliphatic rings. The molecule has 1 aromatic heterocycles. The van der Waals surface area contributed by atoms with Crippen molar-refractivity contribution in [3.8, 4) is 11.6 Å². The molecule has 0 aliphatic heterocycles. The molecule has 7 heteroatoms. The maximum absolute atomic E-state index is 13.7. The largest absolute Gasteiger partial charge is 0.436 e. The molecule has 0 amide bonds. The van der Waals surface area contributed by atoms with Gasteiger partial charge in [0, 0.05) is 18.7 Å². The third kappa shape index (κ3) is 3.87. The van der Waals surface area contributed by atoms with Gasteiger partial charge < -0.3 is 10.1 Å². The van der Waals surface area contributed by atoms with Gasteiger partial charge in [0.25, 0.3) is 5.88 Å². The standard InChI is InChI=1S/C14H12BrF3N2O/c1-2-5-19-13-11(17)7-12(18)14(20-13)21-8-3-4-9(15)10(16)6-8/h3-4,6-7H,2,5H2,1H3,(H,19,20). The Morgan fingerprint density at radius 1 is 1.14 bits per heavy atom. The summed E-state index contributed by atoms with van der Waals surface area (Å²) < 4.78 is 46.0. The van der Waals surface area contributed by atoms with Crippen LogP contribution in [-0.4, -0.2) is 11.5 Å². The number of ether oxygens (including phenoxy) is 1. The van der Waals surface area contributed by atoms with Gasteiger partial charge in [0.2, 0.25) is 0 Å². The van der Waals surface area contributed by atoms with Crippen molar-refractivity contribution >= 4 is 21.7 Å². The van der Waals surface area contributed by atoms with Crippen LogP contribution in [0.4, 0.5) is 19.0 Å². The monoisotopic (exact) mass is 360 g/mol. The van der Waals surface area contributed by atoms with Gasteiger partial charge in [0.05, 0.1) is 4.47 Å². The Morgan fingerprint density at radius 3 is 2.57 bits per heavy atom. The summed E-state index contributed by atoms with van der Waals surface area (Å²) in [6.07, 6.45) is 0.757. The van der Waals surface area contributed by atoms with E-state index in [9.17, 15) is 13.2 Å². The smallest absolute Gasteiger partial charge is 0.258 e. The number of hydrogen-bond acceptors (Lipinski definition) is 3. The van der Waals surface area contributed by atoms with Crippen molar-refractivity contribution in [3.63, 3.8) is 0 Å². The third-order valence-corrected chi connectivity index (χ3v) is 3.19. The van der Waals surface area contributed by atoms with Gasteiger partial charge in [-0.2, -0.15) is 4.98 Å². The first-order valence-corrected chi connectivity index (χ1v) is 7.03. The average Bonchev–Trinajstić information content (AvgIpc) is 2.44. The fraction of sp³-hybridized carbons (Fsp3) is 0.214. The van der Waals surface area contributed by atoms with E-state index in [1.807, 2.05) is 6.92 Å². The van der Waals surface area contributed by atoms with Crippen LogP contribution in [0.2, 0.25) is 0 Å². The van der Waals surface area contributed by atoms with Crippen molar-refractivity contribution in [2.75, 3.05) is 11.9 Å². The summed E-state index contributed by atoms with van der Waals surface area (Å²) in [5.74, 6) is -2.79. The Balaban J connectivity index is 2.28. The van der Waals surface area contributed by atoms with Crippen LogP contribution in [0, 0.1) is 17.5 Å². The zero-order valence-corrected chi connectivity index (χ0v) is 12.7. The third-order valence-electron chi connectivity index (χ3n) is 2.55. The van der Waals surface area contributed by atoms with Crippen LogP contribution in [-0.2, 0) is 0 Å². The molecule has 0 unspecified atom stereocenters. The molecular weight excluding hydrogens is 349 g/mol. The topological polar surface area (TPSA) is 34.2 Å². The molecule has 0 fully saturated rings. The zero-order valence-electron chi connectivity index (χ0n) is 11.1. The minimum Gasteiger partial charge on any atom is -0.436 e. The molecule has 2 rings (SSSR count). The molecule has 3 nitrogen and oxygen atoms in total.